The minimum Gasteiger partial charge on any atom is -0.360 e. The predicted octanol–water partition coefficient (Wildman–Crippen LogP) is 2.61. The molecule has 24 heavy (non-hydrogen) atoms. The van der Waals surface area contributed by atoms with Crippen molar-refractivity contribution in [2.45, 2.75) is 19.8 Å². The molecule has 0 spiro atoms. The van der Waals surface area contributed by atoms with Crippen LogP contribution in [0.4, 0.5) is 10.2 Å². The number of nitrogens with one attached hydrogen (secondary N) is 1. The Balaban J connectivity index is 1.56. The van der Waals surface area contributed by atoms with E-state index in [2.05, 4.69) is 10.5 Å². The number of halogens is 1. The van der Waals surface area contributed by atoms with Gasteiger partial charge >= 0.3 is 0 Å². The maximum absolute atomic E-state index is 13.7. The Morgan fingerprint density at radius 1 is 1.29 bits per heavy atom. The van der Waals surface area contributed by atoms with E-state index in [-0.39, 0.29) is 23.3 Å². The van der Waals surface area contributed by atoms with Crippen LogP contribution in [0.2, 0.25) is 0 Å². The van der Waals surface area contributed by atoms with Crippen LogP contribution in [0.15, 0.2) is 34.9 Å². The number of amides is 2. The number of likely N-dealkylation sites (tertiary alicyclic amines) is 1. The van der Waals surface area contributed by atoms with Crippen LogP contribution in [-0.2, 0) is 4.79 Å². The van der Waals surface area contributed by atoms with E-state index in [1.165, 1.54) is 12.1 Å². The molecule has 0 radical (unpaired) electrons. The van der Waals surface area contributed by atoms with Crippen molar-refractivity contribution < 1.29 is 18.5 Å². The Kier molecular flexibility index (Phi) is 4.59. The number of nitrogens with zero attached hydrogens (tertiary/aromatic N) is 2. The smallest absolute Gasteiger partial charge is 0.256 e. The summed E-state index contributed by atoms with van der Waals surface area (Å²) >= 11 is 0. The third-order valence-corrected chi connectivity index (χ3v) is 4.14. The van der Waals surface area contributed by atoms with Gasteiger partial charge in [-0.1, -0.05) is 17.3 Å². The van der Waals surface area contributed by atoms with Crippen molar-refractivity contribution in [1.29, 1.82) is 0 Å². The molecule has 1 aromatic heterocycles. The Morgan fingerprint density at radius 2 is 2.00 bits per heavy atom. The van der Waals surface area contributed by atoms with Gasteiger partial charge < -0.3 is 14.7 Å². The summed E-state index contributed by atoms with van der Waals surface area (Å²) in [6, 6.07) is 7.58. The van der Waals surface area contributed by atoms with E-state index in [1.807, 2.05) is 0 Å². The van der Waals surface area contributed by atoms with E-state index in [1.54, 1.807) is 30.0 Å². The van der Waals surface area contributed by atoms with E-state index < -0.39 is 5.82 Å². The van der Waals surface area contributed by atoms with Gasteiger partial charge in [0.15, 0.2) is 5.82 Å². The summed E-state index contributed by atoms with van der Waals surface area (Å²) in [4.78, 5) is 26.2. The van der Waals surface area contributed by atoms with Crippen LogP contribution >= 0.6 is 0 Å². The van der Waals surface area contributed by atoms with E-state index in [9.17, 15) is 14.0 Å². The fourth-order valence-electron chi connectivity index (χ4n) is 2.80. The molecule has 0 atom stereocenters. The highest BCUT2D eigenvalue weighted by molar-refractivity contribution is 5.95. The molecule has 1 fully saturated rings. The molecule has 3 rings (SSSR count). The topological polar surface area (TPSA) is 75.4 Å². The van der Waals surface area contributed by atoms with Crippen molar-refractivity contribution in [2.24, 2.45) is 5.92 Å². The maximum atomic E-state index is 13.7. The van der Waals surface area contributed by atoms with Gasteiger partial charge in [0.25, 0.3) is 5.91 Å². The Hall–Kier alpha value is -2.70. The molecule has 2 amide bonds. The number of benzene rings is 1. The Bertz CT molecular complexity index is 751. The summed E-state index contributed by atoms with van der Waals surface area (Å²) in [5.41, 5.74) is 0.0680. The second-order valence-corrected chi connectivity index (χ2v) is 5.86. The molecule has 0 aliphatic carbocycles. The molecule has 0 unspecified atom stereocenters. The number of rotatable bonds is 3. The summed E-state index contributed by atoms with van der Waals surface area (Å²) in [6.07, 6.45) is 1.06. The first kappa shape index (κ1) is 16.2. The molecule has 1 saturated heterocycles. The van der Waals surface area contributed by atoms with Crippen molar-refractivity contribution in [3.63, 3.8) is 0 Å². The van der Waals surface area contributed by atoms with Crippen LogP contribution in [0.25, 0.3) is 0 Å². The van der Waals surface area contributed by atoms with Crippen LogP contribution in [-0.4, -0.2) is 35.0 Å². The average molecular weight is 331 g/mol. The highest BCUT2D eigenvalue weighted by Crippen LogP contribution is 2.21. The normalized spacial score (nSPS) is 15.3. The second-order valence-electron chi connectivity index (χ2n) is 5.86. The molecule has 7 heteroatoms. The number of hydrogen-bond donors (Lipinski definition) is 1. The molecule has 2 aromatic rings. The van der Waals surface area contributed by atoms with Gasteiger partial charge in [-0.2, -0.15) is 0 Å². The SMILES string of the molecule is Cc1cc(NC(=O)C2CCN(C(=O)c3ccccc3F)CC2)no1. The predicted molar refractivity (Wildman–Crippen MR) is 84.9 cm³/mol. The summed E-state index contributed by atoms with van der Waals surface area (Å²) in [5.74, 6) is -0.186. The number of hydrogen-bond acceptors (Lipinski definition) is 4. The highest BCUT2D eigenvalue weighted by atomic mass is 19.1. The first-order chi connectivity index (χ1) is 11.5. The maximum Gasteiger partial charge on any atom is 0.256 e. The number of piperidine rings is 1. The average Bonchev–Trinajstić information content (AvgIpc) is 2.99. The van der Waals surface area contributed by atoms with E-state index >= 15 is 0 Å². The zero-order chi connectivity index (χ0) is 17.1. The number of carbonyl (C=O) groups is 2. The molecule has 1 aromatic carbocycles. The van der Waals surface area contributed by atoms with Crippen LogP contribution in [0.5, 0.6) is 0 Å². The van der Waals surface area contributed by atoms with Gasteiger partial charge in [0.2, 0.25) is 5.91 Å². The molecule has 1 aliphatic heterocycles. The third-order valence-electron chi connectivity index (χ3n) is 4.14. The number of anilines is 1. The van der Waals surface area contributed by atoms with Crippen molar-refractivity contribution in [1.82, 2.24) is 10.1 Å². The fraction of sp³-hybridized carbons (Fsp3) is 0.353. The number of carbonyl (C=O) groups excluding carboxylic acids is 2. The lowest BCUT2D eigenvalue weighted by Crippen LogP contribution is -2.41. The molecular formula is C17H18FN3O3. The summed E-state index contributed by atoms with van der Waals surface area (Å²) in [6.45, 7) is 2.58. The standard InChI is InChI=1S/C17H18FN3O3/c1-11-10-15(20-24-11)19-16(22)12-6-8-21(9-7-12)17(23)13-4-2-3-5-14(13)18/h2-5,10,12H,6-9H2,1H3,(H,19,20,22). The summed E-state index contributed by atoms with van der Waals surface area (Å²) in [7, 11) is 0. The van der Waals surface area contributed by atoms with Gasteiger partial charge in [-0.05, 0) is 31.9 Å². The summed E-state index contributed by atoms with van der Waals surface area (Å²) in [5, 5.41) is 6.44. The second kappa shape index (κ2) is 6.82. The van der Waals surface area contributed by atoms with E-state index in [0.29, 0.717) is 37.5 Å². The lowest BCUT2D eigenvalue weighted by atomic mass is 9.95. The van der Waals surface area contributed by atoms with E-state index in [0.717, 1.165) is 0 Å². The van der Waals surface area contributed by atoms with Crippen LogP contribution in [0.1, 0.15) is 29.0 Å². The molecule has 0 bridgehead atoms. The first-order valence-corrected chi connectivity index (χ1v) is 7.82. The van der Waals surface area contributed by atoms with Crippen LogP contribution in [0.3, 0.4) is 0 Å². The zero-order valence-electron chi connectivity index (χ0n) is 13.3. The van der Waals surface area contributed by atoms with Crippen molar-refractivity contribution in [2.75, 3.05) is 18.4 Å². The first-order valence-electron chi connectivity index (χ1n) is 7.82. The largest absolute Gasteiger partial charge is 0.360 e. The van der Waals surface area contributed by atoms with Crippen LogP contribution < -0.4 is 5.32 Å². The fourth-order valence-corrected chi connectivity index (χ4v) is 2.80. The van der Waals surface area contributed by atoms with E-state index in [4.69, 9.17) is 4.52 Å². The molecule has 0 saturated carbocycles. The lowest BCUT2D eigenvalue weighted by molar-refractivity contribution is -0.121. The summed E-state index contributed by atoms with van der Waals surface area (Å²) < 4.78 is 18.6. The van der Waals surface area contributed by atoms with Gasteiger partial charge in [0, 0.05) is 25.1 Å². The monoisotopic (exact) mass is 331 g/mol. The van der Waals surface area contributed by atoms with Crippen LogP contribution in [0, 0.1) is 18.7 Å². The van der Waals surface area contributed by atoms with Crippen molar-refractivity contribution in [3.05, 3.63) is 47.5 Å². The zero-order valence-corrected chi connectivity index (χ0v) is 13.3. The molecule has 2 heterocycles. The molecule has 1 aliphatic rings. The third kappa shape index (κ3) is 3.45. The van der Waals surface area contributed by atoms with Gasteiger partial charge in [0.1, 0.15) is 11.6 Å². The minimum atomic E-state index is -0.524. The molecular weight excluding hydrogens is 313 g/mol. The highest BCUT2D eigenvalue weighted by Gasteiger charge is 2.29. The molecule has 126 valence electrons. The lowest BCUT2D eigenvalue weighted by Gasteiger charge is -2.31. The Labute approximate surface area is 138 Å². The quantitative estimate of drug-likeness (QED) is 0.938. The van der Waals surface area contributed by atoms with Crippen molar-refractivity contribution >= 4 is 17.6 Å². The minimum absolute atomic E-state index is 0.0680. The van der Waals surface area contributed by atoms with Gasteiger partial charge in [0.05, 0.1) is 5.56 Å². The van der Waals surface area contributed by atoms with Gasteiger partial charge in [-0.15, -0.1) is 0 Å². The molecule has 1 N–H and O–H groups in total. The number of aromatic nitrogens is 1. The molecule has 6 nitrogen and oxygen atoms in total. The van der Waals surface area contributed by atoms with Crippen molar-refractivity contribution in [3.8, 4) is 0 Å². The van der Waals surface area contributed by atoms with Gasteiger partial charge in [-0.3, -0.25) is 9.59 Å². The Morgan fingerprint density at radius 3 is 2.62 bits per heavy atom. The van der Waals surface area contributed by atoms with Gasteiger partial charge in [-0.25, -0.2) is 4.39 Å². The number of aryl methyl sites for hydroxylation is 1.